The lowest BCUT2D eigenvalue weighted by Crippen LogP contribution is -2.20. The molecule has 0 saturated carbocycles. The molecular formula is C14H17N3O3. The Hall–Kier alpha value is -2.39. The van der Waals surface area contributed by atoms with Gasteiger partial charge in [0.25, 0.3) is 0 Å². The van der Waals surface area contributed by atoms with Gasteiger partial charge < -0.3 is 15.4 Å². The first-order valence-electron chi connectivity index (χ1n) is 6.24. The zero-order valence-electron chi connectivity index (χ0n) is 11.3. The topological polar surface area (TPSA) is 91.2 Å². The second-order valence-corrected chi connectivity index (χ2v) is 4.02. The van der Waals surface area contributed by atoms with Crippen LogP contribution in [0.15, 0.2) is 24.3 Å². The van der Waals surface area contributed by atoms with Gasteiger partial charge in [0, 0.05) is 19.2 Å². The van der Waals surface area contributed by atoms with Crippen molar-refractivity contribution in [2.24, 2.45) is 0 Å². The van der Waals surface area contributed by atoms with E-state index in [9.17, 15) is 9.59 Å². The Morgan fingerprint density at radius 2 is 1.75 bits per heavy atom. The van der Waals surface area contributed by atoms with Gasteiger partial charge in [-0.1, -0.05) is 0 Å². The summed E-state index contributed by atoms with van der Waals surface area (Å²) >= 11 is 0. The highest BCUT2D eigenvalue weighted by atomic mass is 16.5. The first kappa shape index (κ1) is 15.7. The second-order valence-electron chi connectivity index (χ2n) is 4.02. The van der Waals surface area contributed by atoms with Crippen LogP contribution in [0.4, 0.5) is 5.69 Å². The van der Waals surface area contributed by atoms with Gasteiger partial charge in [0.15, 0.2) is 0 Å². The van der Waals surface area contributed by atoms with Crippen molar-refractivity contribution in [3.05, 3.63) is 29.8 Å². The molecule has 1 aromatic rings. The van der Waals surface area contributed by atoms with E-state index in [0.29, 0.717) is 17.9 Å². The number of carbonyl (C=O) groups excluding carboxylic acids is 2. The number of nitriles is 1. The van der Waals surface area contributed by atoms with Crippen LogP contribution in [0.5, 0.6) is 0 Å². The summed E-state index contributed by atoms with van der Waals surface area (Å²) in [4.78, 5) is 22.5. The van der Waals surface area contributed by atoms with Gasteiger partial charge >= 0.3 is 0 Å². The van der Waals surface area contributed by atoms with Crippen molar-refractivity contribution in [3.8, 4) is 6.07 Å². The number of rotatable bonds is 7. The van der Waals surface area contributed by atoms with Gasteiger partial charge in [-0.3, -0.25) is 9.59 Å². The molecule has 0 bridgehead atoms. The Morgan fingerprint density at radius 3 is 2.30 bits per heavy atom. The van der Waals surface area contributed by atoms with Crippen LogP contribution in [-0.2, 0) is 14.3 Å². The quantitative estimate of drug-likeness (QED) is 0.727. The third-order valence-electron chi connectivity index (χ3n) is 2.52. The number of carbonyl (C=O) groups is 2. The average molecular weight is 275 g/mol. The number of nitrogens with one attached hydrogen (secondary N) is 2. The minimum Gasteiger partial charge on any atom is -0.380 e. The smallest absolute Gasteiger partial charge is 0.226 e. The summed E-state index contributed by atoms with van der Waals surface area (Å²) < 4.78 is 5.19. The molecule has 2 amide bonds. The third kappa shape index (κ3) is 5.98. The Bertz CT molecular complexity index is 491. The van der Waals surface area contributed by atoms with Gasteiger partial charge in [0.1, 0.15) is 0 Å². The normalized spacial score (nSPS) is 9.60. The zero-order valence-corrected chi connectivity index (χ0v) is 11.3. The predicted molar refractivity (Wildman–Crippen MR) is 73.9 cm³/mol. The van der Waals surface area contributed by atoms with E-state index in [1.54, 1.807) is 31.3 Å². The lowest BCUT2D eigenvalue weighted by atomic mass is 10.2. The molecule has 0 atom stereocenters. The van der Waals surface area contributed by atoms with Gasteiger partial charge in [-0.15, -0.1) is 0 Å². The molecule has 0 aliphatic carbocycles. The van der Waals surface area contributed by atoms with Crippen molar-refractivity contribution >= 4 is 17.5 Å². The zero-order chi connectivity index (χ0) is 14.8. The van der Waals surface area contributed by atoms with Crippen LogP contribution in [0.1, 0.15) is 18.4 Å². The summed E-state index contributed by atoms with van der Waals surface area (Å²) in [6.45, 7) is 0.558. The Balaban J connectivity index is 2.20. The van der Waals surface area contributed by atoms with E-state index in [0.717, 1.165) is 0 Å². The fraction of sp³-hybridized carbons (Fsp3) is 0.357. The van der Waals surface area contributed by atoms with Crippen molar-refractivity contribution in [1.82, 2.24) is 5.32 Å². The number of hydrogen-bond acceptors (Lipinski definition) is 4. The molecule has 1 rings (SSSR count). The summed E-state index contributed by atoms with van der Waals surface area (Å²) in [6.07, 6.45) is 0.501. The number of nitrogens with zero attached hydrogens (tertiary/aromatic N) is 1. The highest BCUT2D eigenvalue weighted by Crippen LogP contribution is 2.08. The fourth-order valence-electron chi connectivity index (χ4n) is 1.41. The fourth-order valence-corrected chi connectivity index (χ4v) is 1.41. The number of benzene rings is 1. The molecule has 0 aliphatic heterocycles. The number of ether oxygens (including phenoxy) is 1. The molecule has 1 aromatic carbocycles. The molecule has 0 radical (unpaired) electrons. The van der Waals surface area contributed by atoms with Gasteiger partial charge in [-0.05, 0) is 24.3 Å². The van der Waals surface area contributed by atoms with E-state index >= 15 is 0 Å². The van der Waals surface area contributed by atoms with Crippen molar-refractivity contribution in [3.63, 3.8) is 0 Å². The summed E-state index contributed by atoms with van der Waals surface area (Å²) in [5, 5.41) is 13.8. The van der Waals surface area contributed by atoms with Crippen LogP contribution < -0.4 is 10.6 Å². The van der Waals surface area contributed by atoms with Crippen LogP contribution in [0.25, 0.3) is 0 Å². The first-order chi connectivity index (χ1) is 9.65. The molecule has 20 heavy (non-hydrogen) atoms. The van der Waals surface area contributed by atoms with Crippen LogP contribution in [0.3, 0.4) is 0 Å². The summed E-state index contributed by atoms with van der Waals surface area (Å²) in [5.41, 5.74) is 1.18. The van der Waals surface area contributed by atoms with Crippen LogP contribution in [0.2, 0.25) is 0 Å². The van der Waals surface area contributed by atoms with E-state index in [1.165, 1.54) is 0 Å². The minimum absolute atomic E-state index is 0.0907. The maximum absolute atomic E-state index is 11.6. The molecule has 0 spiro atoms. The number of anilines is 1. The Labute approximate surface area is 117 Å². The van der Waals surface area contributed by atoms with Gasteiger partial charge in [-0.25, -0.2) is 0 Å². The summed E-state index contributed by atoms with van der Waals surface area (Å²) in [6, 6.07) is 8.61. The lowest BCUT2D eigenvalue weighted by Gasteiger charge is -2.06. The van der Waals surface area contributed by atoms with E-state index in [2.05, 4.69) is 10.6 Å². The van der Waals surface area contributed by atoms with Gasteiger partial charge in [0.05, 0.1) is 31.3 Å². The molecular weight excluding hydrogens is 258 g/mol. The average Bonchev–Trinajstić information content (AvgIpc) is 2.47. The Morgan fingerprint density at radius 1 is 1.15 bits per heavy atom. The molecule has 0 heterocycles. The molecule has 0 aliphatic rings. The molecule has 0 saturated heterocycles. The molecule has 6 heteroatoms. The van der Waals surface area contributed by atoms with Crippen molar-refractivity contribution in [2.45, 2.75) is 12.8 Å². The summed E-state index contributed by atoms with van der Waals surface area (Å²) in [7, 11) is 1.56. The van der Waals surface area contributed by atoms with E-state index in [1.807, 2.05) is 6.07 Å². The number of amides is 2. The maximum Gasteiger partial charge on any atom is 0.226 e. The predicted octanol–water partition coefficient (Wildman–Crippen LogP) is 1.04. The molecule has 0 fully saturated rings. The second kappa shape index (κ2) is 8.67. The highest BCUT2D eigenvalue weighted by Gasteiger charge is 2.03. The van der Waals surface area contributed by atoms with Crippen LogP contribution in [0, 0.1) is 11.3 Å². The van der Waals surface area contributed by atoms with Crippen LogP contribution >= 0.6 is 0 Å². The maximum atomic E-state index is 11.6. The van der Waals surface area contributed by atoms with E-state index < -0.39 is 0 Å². The van der Waals surface area contributed by atoms with Crippen molar-refractivity contribution in [2.75, 3.05) is 25.6 Å². The SMILES string of the molecule is CNC(=O)CCOCCC(=O)Nc1ccc(C#N)cc1. The largest absolute Gasteiger partial charge is 0.380 e. The lowest BCUT2D eigenvalue weighted by molar-refractivity contribution is -0.121. The molecule has 6 nitrogen and oxygen atoms in total. The standard InChI is InChI=1S/C14H17N3O3/c1-16-13(18)6-8-20-9-7-14(19)17-12-4-2-11(10-15)3-5-12/h2-5H,6-9H2,1H3,(H,16,18)(H,17,19). The van der Waals surface area contributed by atoms with Crippen molar-refractivity contribution in [1.29, 1.82) is 5.26 Å². The minimum atomic E-state index is -0.172. The van der Waals surface area contributed by atoms with Gasteiger partial charge in [-0.2, -0.15) is 5.26 Å². The first-order valence-corrected chi connectivity index (χ1v) is 6.24. The van der Waals surface area contributed by atoms with E-state index in [4.69, 9.17) is 10.00 Å². The summed E-state index contributed by atoms with van der Waals surface area (Å²) in [5.74, 6) is -0.262. The highest BCUT2D eigenvalue weighted by molar-refractivity contribution is 5.90. The number of hydrogen-bond donors (Lipinski definition) is 2. The Kier molecular flexibility index (Phi) is 6.79. The van der Waals surface area contributed by atoms with Gasteiger partial charge in [0.2, 0.25) is 11.8 Å². The monoisotopic (exact) mass is 275 g/mol. The third-order valence-corrected chi connectivity index (χ3v) is 2.52. The molecule has 106 valence electrons. The van der Waals surface area contributed by atoms with Crippen molar-refractivity contribution < 1.29 is 14.3 Å². The molecule has 0 unspecified atom stereocenters. The van der Waals surface area contributed by atoms with E-state index in [-0.39, 0.29) is 31.3 Å². The molecule has 0 aromatic heterocycles. The van der Waals surface area contributed by atoms with Crippen LogP contribution in [-0.4, -0.2) is 32.1 Å². The molecule has 2 N–H and O–H groups in total.